The van der Waals surface area contributed by atoms with Crippen molar-refractivity contribution >= 4 is 5.78 Å². The first-order valence-corrected chi connectivity index (χ1v) is 10.3. The molecule has 0 aromatic carbocycles. The number of methoxy groups -OCH3 is 1. The van der Waals surface area contributed by atoms with Crippen LogP contribution in [0.15, 0.2) is 12.2 Å². The van der Waals surface area contributed by atoms with Crippen LogP contribution in [0.2, 0.25) is 0 Å². The van der Waals surface area contributed by atoms with Crippen LogP contribution in [-0.2, 0) is 9.53 Å². The third-order valence-corrected chi connectivity index (χ3v) is 8.75. The molecule has 3 fully saturated rings. The number of ether oxygens (including phenoxy) is 1. The number of aliphatic hydroxyl groups excluding tert-OH is 1. The van der Waals surface area contributed by atoms with Gasteiger partial charge in [-0.25, -0.2) is 0 Å². The van der Waals surface area contributed by atoms with Gasteiger partial charge in [-0.05, 0) is 81.0 Å². The van der Waals surface area contributed by atoms with Crippen LogP contribution in [0.1, 0.15) is 58.8 Å². The molecule has 25 heavy (non-hydrogen) atoms. The smallest absolute Gasteiger partial charge is 0.133 e. The Balaban J connectivity index is 1.69. The molecule has 0 radical (unpaired) electrons. The predicted octanol–water partition coefficient (Wildman–Crippen LogP) is 4.00. The van der Waals surface area contributed by atoms with E-state index in [4.69, 9.17) is 4.74 Å². The van der Waals surface area contributed by atoms with E-state index >= 15 is 0 Å². The van der Waals surface area contributed by atoms with Crippen LogP contribution in [-0.4, -0.2) is 30.7 Å². The van der Waals surface area contributed by atoms with Gasteiger partial charge < -0.3 is 9.84 Å². The summed E-state index contributed by atoms with van der Waals surface area (Å²) in [6.07, 6.45) is 12.3. The summed E-state index contributed by atoms with van der Waals surface area (Å²) in [5, 5.41) is 10.2. The van der Waals surface area contributed by atoms with Gasteiger partial charge in [-0.2, -0.15) is 0 Å². The highest BCUT2D eigenvalue weighted by molar-refractivity contribution is 5.79. The monoisotopic (exact) mass is 346 g/mol. The summed E-state index contributed by atoms with van der Waals surface area (Å²) in [6.45, 7) is 5.00. The van der Waals surface area contributed by atoms with Crippen molar-refractivity contribution in [2.24, 2.45) is 40.4 Å². The molecule has 4 rings (SSSR count). The highest BCUT2D eigenvalue weighted by Gasteiger charge is 2.60. The third-order valence-electron chi connectivity index (χ3n) is 8.75. The van der Waals surface area contributed by atoms with Gasteiger partial charge in [-0.3, -0.25) is 4.79 Å². The molecule has 8 atom stereocenters. The summed E-state index contributed by atoms with van der Waals surface area (Å²) in [7, 11) is 1.83. The first-order valence-electron chi connectivity index (χ1n) is 10.3. The van der Waals surface area contributed by atoms with Crippen LogP contribution in [0.4, 0.5) is 0 Å². The number of hydrogen-bond donors (Lipinski definition) is 1. The van der Waals surface area contributed by atoms with Crippen LogP contribution in [0.3, 0.4) is 0 Å². The second-order valence-corrected chi connectivity index (χ2v) is 9.66. The van der Waals surface area contributed by atoms with Gasteiger partial charge in [-0.1, -0.05) is 19.1 Å². The Morgan fingerprint density at radius 1 is 1.16 bits per heavy atom. The zero-order chi connectivity index (χ0) is 17.8. The summed E-state index contributed by atoms with van der Waals surface area (Å²) < 4.78 is 5.75. The first-order chi connectivity index (χ1) is 11.9. The summed E-state index contributed by atoms with van der Waals surface area (Å²) >= 11 is 0. The molecule has 0 bridgehead atoms. The number of allylic oxidation sites excluding steroid dienone is 2. The summed E-state index contributed by atoms with van der Waals surface area (Å²) in [5.74, 6) is 2.98. The second kappa shape index (κ2) is 6.20. The van der Waals surface area contributed by atoms with Crippen molar-refractivity contribution in [2.75, 3.05) is 13.7 Å². The summed E-state index contributed by atoms with van der Waals surface area (Å²) in [5.41, 5.74) is 0.385. The standard InChI is InChI=1S/C22H34O3/c1-14(23)18-6-7-19-17-5-4-15-12-16(24)8-11-22(15,13-25-3)20(17)9-10-21(18,19)2/h4-5,15-20,24H,6-13H2,1-3H3/t15?,16-,17-,18+,19-,20-,21+,22+/m0/s1. The molecule has 0 saturated heterocycles. The third kappa shape index (κ3) is 2.49. The number of fused-ring (bicyclic) bond motifs is 5. The number of hydrogen-bond acceptors (Lipinski definition) is 3. The number of aliphatic hydroxyl groups is 1. The van der Waals surface area contributed by atoms with E-state index in [2.05, 4.69) is 19.1 Å². The molecule has 0 aliphatic heterocycles. The Labute approximate surface area is 152 Å². The van der Waals surface area contributed by atoms with E-state index in [1.807, 2.05) is 7.11 Å². The minimum atomic E-state index is -0.154. The maximum atomic E-state index is 12.2. The van der Waals surface area contributed by atoms with Gasteiger partial charge in [0.15, 0.2) is 0 Å². The van der Waals surface area contributed by atoms with E-state index in [9.17, 15) is 9.90 Å². The van der Waals surface area contributed by atoms with Gasteiger partial charge >= 0.3 is 0 Å². The van der Waals surface area contributed by atoms with Crippen molar-refractivity contribution < 1.29 is 14.6 Å². The molecule has 3 heteroatoms. The van der Waals surface area contributed by atoms with Crippen LogP contribution in [0.25, 0.3) is 0 Å². The van der Waals surface area contributed by atoms with E-state index in [1.54, 1.807) is 6.92 Å². The second-order valence-electron chi connectivity index (χ2n) is 9.66. The van der Waals surface area contributed by atoms with Gasteiger partial charge in [0, 0.05) is 18.4 Å². The van der Waals surface area contributed by atoms with Gasteiger partial charge in [-0.15, -0.1) is 0 Å². The Hall–Kier alpha value is -0.670. The molecule has 0 amide bonds. The average molecular weight is 347 g/mol. The lowest BCUT2D eigenvalue weighted by Crippen LogP contribution is -2.55. The van der Waals surface area contributed by atoms with E-state index in [-0.39, 0.29) is 22.9 Å². The van der Waals surface area contributed by atoms with Crippen LogP contribution >= 0.6 is 0 Å². The lowest BCUT2D eigenvalue weighted by Gasteiger charge is -2.59. The molecule has 3 nitrogen and oxygen atoms in total. The molecule has 0 aromatic rings. The molecule has 0 aromatic heterocycles. The molecular formula is C22H34O3. The van der Waals surface area contributed by atoms with Gasteiger partial charge in [0.25, 0.3) is 0 Å². The average Bonchev–Trinajstić information content (AvgIpc) is 2.93. The fraction of sp³-hybridized carbons (Fsp3) is 0.864. The molecule has 1 unspecified atom stereocenters. The normalized spacial score (nSPS) is 51.5. The predicted molar refractivity (Wildman–Crippen MR) is 98.0 cm³/mol. The van der Waals surface area contributed by atoms with Crippen LogP contribution in [0, 0.1) is 40.4 Å². The number of ketones is 1. The van der Waals surface area contributed by atoms with Gasteiger partial charge in [0.05, 0.1) is 12.7 Å². The highest BCUT2D eigenvalue weighted by Crippen LogP contribution is 2.66. The number of Topliss-reactive ketones (excluding diaryl/α,β-unsaturated/α-hetero) is 1. The maximum absolute atomic E-state index is 12.2. The van der Waals surface area contributed by atoms with Gasteiger partial charge in [0.2, 0.25) is 0 Å². The Bertz CT molecular complexity index is 570. The van der Waals surface area contributed by atoms with Crippen molar-refractivity contribution in [1.82, 2.24) is 0 Å². The fourth-order valence-electron chi connectivity index (χ4n) is 7.62. The summed E-state index contributed by atoms with van der Waals surface area (Å²) in [6, 6.07) is 0. The molecule has 3 saturated carbocycles. The minimum Gasteiger partial charge on any atom is -0.393 e. The van der Waals surface area contributed by atoms with E-state index in [0.717, 1.165) is 32.3 Å². The Morgan fingerprint density at radius 3 is 2.68 bits per heavy atom. The molecule has 0 heterocycles. The van der Waals surface area contributed by atoms with E-state index in [1.165, 1.54) is 19.3 Å². The molecule has 4 aliphatic rings. The number of carbonyl (C=O) groups excluding carboxylic acids is 1. The van der Waals surface area contributed by atoms with Gasteiger partial charge in [0.1, 0.15) is 5.78 Å². The van der Waals surface area contributed by atoms with Crippen molar-refractivity contribution in [1.29, 1.82) is 0 Å². The van der Waals surface area contributed by atoms with Crippen molar-refractivity contribution in [3.8, 4) is 0 Å². The fourth-order valence-corrected chi connectivity index (χ4v) is 7.62. The quantitative estimate of drug-likeness (QED) is 0.786. The zero-order valence-electron chi connectivity index (χ0n) is 16.0. The Morgan fingerprint density at radius 2 is 1.96 bits per heavy atom. The number of carbonyl (C=O) groups is 1. The molecule has 1 N–H and O–H groups in total. The van der Waals surface area contributed by atoms with Crippen molar-refractivity contribution in [3.63, 3.8) is 0 Å². The van der Waals surface area contributed by atoms with Crippen LogP contribution < -0.4 is 0 Å². The van der Waals surface area contributed by atoms with Crippen molar-refractivity contribution in [2.45, 2.75) is 64.9 Å². The highest BCUT2D eigenvalue weighted by atomic mass is 16.5. The lowest BCUT2D eigenvalue weighted by molar-refractivity contribution is -0.133. The van der Waals surface area contributed by atoms with Crippen LogP contribution in [0.5, 0.6) is 0 Å². The summed E-state index contributed by atoms with van der Waals surface area (Å²) in [4.78, 5) is 12.2. The SMILES string of the molecule is COC[C@]12CC[C@H](O)CC1C=C[C@@H]1[C@@H]2CC[C@]2(C)[C@@H](C(C)=O)CC[C@@H]12. The molecule has 4 aliphatic carbocycles. The molecule has 0 spiro atoms. The molecular weight excluding hydrogens is 312 g/mol. The number of rotatable bonds is 3. The van der Waals surface area contributed by atoms with E-state index < -0.39 is 0 Å². The van der Waals surface area contributed by atoms with E-state index in [0.29, 0.717) is 29.5 Å². The molecule has 140 valence electrons. The topological polar surface area (TPSA) is 46.5 Å². The Kier molecular flexibility index (Phi) is 4.39. The van der Waals surface area contributed by atoms with Crippen molar-refractivity contribution in [3.05, 3.63) is 12.2 Å². The zero-order valence-corrected chi connectivity index (χ0v) is 16.0. The first kappa shape index (κ1) is 17.7. The maximum Gasteiger partial charge on any atom is 0.133 e. The minimum absolute atomic E-state index is 0.154. The lowest BCUT2D eigenvalue weighted by atomic mass is 9.46. The largest absolute Gasteiger partial charge is 0.393 e.